The normalized spacial score (nSPS) is 10.3. The highest BCUT2D eigenvalue weighted by atomic mass is 19.2. The van der Waals surface area contributed by atoms with E-state index < -0.39 is 41.3 Å². The van der Waals surface area contributed by atoms with Crippen molar-refractivity contribution in [2.75, 3.05) is 0 Å². The molecule has 0 bridgehead atoms. The molecule has 0 atom stereocenters. The van der Waals surface area contributed by atoms with Gasteiger partial charge in [0.15, 0.2) is 23.3 Å². The van der Waals surface area contributed by atoms with Crippen LogP contribution in [0.3, 0.4) is 0 Å². The van der Waals surface area contributed by atoms with Gasteiger partial charge in [0, 0.05) is 0 Å². The molecule has 0 aliphatic rings. The molecule has 0 spiro atoms. The summed E-state index contributed by atoms with van der Waals surface area (Å²) in [6.45, 7) is 2.24. The number of hydrogen-bond acceptors (Lipinski definition) is 2. The van der Waals surface area contributed by atoms with Crippen molar-refractivity contribution in [3.63, 3.8) is 0 Å². The van der Waals surface area contributed by atoms with Crippen LogP contribution in [0.4, 0.5) is 22.0 Å². The molecule has 0 aliphatic heterocycles. The summed E-state index contributed by atoms with van der Waals surface area (Å²) < 4.78 is 64.3. The van der Waals surface area contributed by atoms with Crippen LogP contribution in [0.25, 0.3) is 0 Å². The predicted molar refractivity (Wildman–Crippen MR) is 49.8 cm³/mol. The summed E-state index contributed by atoms with van der Waals surface area (Å²) in [5, 5.41) is 3.33. The second-order valence-electron chi connectivity index (χ2n) is 3.36. The quantitative estimate of drug-likeness (QED) is 0.266. The van der Waals surface area contributed by atoms with Gasteiger partial charge in [-0.1, -0.05) is 5.16 Å². The lowest BCUT2D eigenvalue weighted by Gasteiger charge is -2.06. The van der Waals surface area contributed by atoms with Crippen LogP contribution in [0.1, 0.15) is 19.4 Å². The Morgan fingerprint density at radius 2 is 1.29 bits per heavy atom. The van der Waals surface area contributed by atoms with E-state index in [2.05, 4.69) is 9.99 Å². The number of hydrogen-bond donors (Lipinski definition) is 0. The van der Waals surface area contributed by atoms with E-state index in [9.17, 15) is 22.0 Å². The third-order valence-corrected chi connectivity index (χ3v) is 1.76. The Morgan fingerprint density at radius 3 is 1.71 bits per heavy atom. The molecule has 1 aromatic rings. The van der Waals surface area contributed by atoms with Crippen molar-refractivity contribution in [3.8, 4) is 0 Å². The lowest BCUT2D eigenvalue weighted by molar-refractivity contribution is 0.122. The van der Waals surface area contributed by atoms with Crippen LogP contribution in [0.15, 0.2) is 5.16 Å². The Hall–Kier alpha value is -1.66. The summed E-state index contributed by atoms with van der Waals surface area (Å²) >= 11 is 0. The second kappa shape index (κ2) is 5.11. The first-order valence-electron chi connectivity index (χ1n) is 4.49. The van der Waals surface area contributed by atoms with Crippen LogP contribution in [-0.2, 0) is 11.4 Å². The van der Waals surface area contributed by atoms with Gasteiger partial charge >= 0.3 is 0 Å². The lowest BCUT2D eigenvalue weighted by Crippen LogP contribution is -2.07. The number of oxime groups is 1. The van der Waals surface area contributed by atoms with Gasteiger partial charge in [-0.05, 0) is 13.8 Å². The standard InChI is InChI=1S/C10H8F5NO/c1-4(2)16-17-3-5-6(11)8(13)10(15)9(14)7(5)12/h3H2,1-2H3. The van der Waals surface area contributed by atoms with Gasteiger partial charge < -0.3 is 4.84 Å². The molecule has 0 saturated carbocycles. The highest BCUT2D eigenvalue weighted by Gasteiger charge is 2.25. The maximum Gasteiger partial charge on any atom is 0.200 e. The van der Waals surface area contributed by atoms with Crippen molar-refractivity contribution in [1.29, 1.82) is 0 Å². The van der Waals surface area contributed by atoms with Gasteiger partial charge in [-0.3, -0.25) is 0 Å². The van der Waals surface area contributed by atoms with Crippen LogP contribution in [0.5, 0.6) is 0 Å². The fraction of sp³-hybridized carbons (Fsp3) is 0.300. The molecule has 0 radical (unpaired) electrons. The zero-order chi connectivity index (χ0) is 13.2. The van der Waals surface area contributed by atoms with E-state index in [1.165, 1.54) is 0 Å². The molecule has 0 saturated heterocycles. The lowest BCUT2D eigenvalue weighted by atomic mass is 10.2. The summed E-state index contributed by atoms with van der Waals surface area (Å²) in [4.78, 5) is 4.44. The van der Waals surface area contributed by atoms with Crippen molar-refractivity contribution >= 4 is 5.71 Å². The molecule has 0 N–H and O–H groups in total. The molecule has 0 fully saturated rings. The first-order chi connectivity index (χ1) is 7.86. The Labute approximate surface area is 93.7 Å². The zero-order valence-electron chi connectivity index (χ0n) is 8.95. The first kappa shape index (κ1) is 13.4. The zero-order valence-corrected chi connectivity index (χ0v) is 8.95. The topological polar surface area (TPSA) is 21.6 Å². The largest absolute Gasteiger partial charge is 0.391 e. The maximum atomic E-state index is 13.1. The molecule has 0 unspecified atom stereocenters. The minimum absolute atomic E-state index is 0.439. The Morgan fingerprint density at radius 1 is 0.882 bits per heavy atom. The number of rotatable bonds is 3. The van der Waals surface area contributed by atoms with Gasteiger partial charge in [-0.25, -0.2) is 22.0 Å². The molecule has 0 aromatic heterocycles. The summed E-state index contributed by atoms with van der Waals surface area (Å²) in [6, 6.07) is 0. The van der Waals surface area contributed by atoms with E-state index >= 15 is 0 Å². The third-order valence-electron chi connectivity index (χ3n) is 1.76. The number of benzene rings is 1. The fourth-order valence-corrected chi connectivity index (χ4v) is 1.00. The molecule has 0 amide bonds. The van der Waals surface area contributed by atoms with E-state index in [0.717, 1.165) is 0 Å². The van der Waals surface area contributed by atoms with Crippen LogP contribution in [0.2, 0.25) is 0 Å². The minimum Gasteiger partial charge on any atom is -0.391 e. The van der Waals surface area contributed by atoms with E-state index in [0.29, 0.717) is 5.71 Å². The third kappa shape index (κ3) is 2.72. The molecular formula is C10H8F5NO. The Balaban J connectivity index is 3.12. The van der Waals surface area contributed by atoms with E-state index in [1.807, 2.05) is 0 Å². The summed E-state index contributed by atoms with van der Waals surface area (Å²) in [6.07, 6.45) is 0. The van der Waals surface area contributed by atoms with Crippen LogP contribution < -0.4 is 0 Å². The van der Waals surface area contributed by atoms with Crippen molar-refractivity contribution in [3.05, 3.63) is 34.6 Å². The van der Waals surface area contributed by atoms with E-state index in [-0.39, 0.29) is 0 Å². The highest BCUT2D eigenvalue weighted by Crippen LogP contribution is 2.23. The van der Waals surface area contributed by atoms with Gasteiger partial charge in [-0.2, -0.15) is 0 Å². The van der Waals surface area contributed by atoms with Gasteiger partial charge in [0.05, 0.1) is 11.3 Å². The molecule has 1 aromatic carbocycles. The van der Waals surface area contributed by atoms with Crippen LogP contribution in [0, 0.1) is 29.1 Å². The molecule has 0 heterocycles. The van der Waals surface area contributed by atoms with Crippen LogP contribution >= 0.6 is 0 Å². The summed E-state index contributed by atoms with van der Waals surface area (Å²) in [7, 11) is 0. The summed E-state index contributed by atoms with van der Waals surface area (Å²) in [5.74, 6) is -10.0. The fourth-order valence-electron chi connectivity index (χ4n) is 1.00. The average molecular weight is 253 g/mol. The smallest absolute Gasteiger partial charge is 0.200 e. The van der Waals surface area contributed by atoms with Crippen molar-refractivity contribution < 1.29 is 26.8 Å². The first-order valence-corrected chi connectivity index (χ1v) is 4.49. The van der Waals surface area contributed by atoms with Gasteiger partial charge in [0.1, 0.15) is 6.61 Å². The molecular weight excluding hydrogens is 245 g/mol. The van der Waals surface area contributed by atoms with Gasteiger partial charge in [0.2, 0.25) is 5.82 Å². The monoisotopic (exact) mass is 253 g/mol. The van der Waals surface area contributed by atoms with Gasteiger partial charge in [-0.15, -0.1) is 0 Å². The average Bonchev–Trinajstić information content (AvgIpc) is 2.28. The van der Waals surface area contributed by atoms with Crippen molar-refractivity contribution in [2.24, 2.45) is 5.16 Å². The SMILES string of the molecule is CC(C)=NOCc1c(F)c(F)c(F)c(F)c1F. The Bertz CT molecular complexity index is 439. The molecule has 0 aliphatic carbocycles. The highest BCUT2D eigenvalue weighted by molar-refractivity contribution is 5.78. The number of nitrogens with zero attached hydrogens (tertiary/aromatic N) is 1. The molecule has 2 nitrogen and oxygen atoms in total. The van der Waals surface area contributed by atoms with Gasteiger partial charge in [0.25, 0.3) is 0 Å². The van der Waals surface area contributed by atoms with E-state index in [4.69, 9.17) is 0 Å². The maximum absolute atomic E-state index is 13.1. The molecule has 1 rings (SSSR count). The second-order valence-corrected chi connectivity index (χ2v) is 3.36. The molecule has 7 heteroatoms. The van der Waals surface area contributed by atoms with E-state index in [1.54, 1.807) is 13.8 Å². The molecule has 17 heavy (non-hydrogen) atoms. The summed E-state index contributed by atoms with van der Waals surface area (Å²) in [5.41, 5.74) is -0.611. The minimum atomic E-state index is -2.20. The predicted octanol–water partition coefficient (Wildman–Crippen LogP) is 3.29. The molecule has 94 valence electrons. The van der Waals surface area contributed by atoms with Crippen molar-refractivity contribution in [1.82, 2.24) is 0 Å². The van der Waals surface area contributed by atoms with Crippen LogP contribution in [-0.4, -0.2) is 5.71 Å². The van der Waals surface area contributed by atoms with Crippen molar-refractivity contribution in [2.45, 2.75) is 20.5 Å². The number of halogens is 5. The Kier molecular flexibility index (Phi) is 4.03.